The van der Waals surface area contributed by atoms with Crippen LogP contribution in [0.1, 0.15) is 58.3 Å². The van der Waals surface area contributed by atoms with Gasteiger partial charge in [0, 0.05) is 38.8 Å². The van der Waals surface area contributed by atoms with Crippen LogP contribution in [0.4, 0.5) is 4.39 Å². The number of nitrogens with one attached hydrogen (secondary N) is 1. The van der Waals surface area contributed by atoms with Gasteiger partial charge in [0.05, 0.1) is 36.2 Å². The summed E-state index contributed by atoms with van der Waals surface area (Å²) in [5.74, 6) is -0.980. The van der Waals surface area contributed by atoms with Crippen molar-refractivity contribution < 1.29 is 28.2 Å². The molecule has 1 aromatic heterocycles. The standard InChI is InChI=1S/C24H30FN3O5/c1-3-19-21-20(14-24(15-26-22(21)29)5-9-32-10-6-24)28(27-19)7-4-8-33-23(30)16-11-17(25)13-18(12-16)31-2/h11-13H,3-10,14-15H2,1-2H3,(H,26,29). The summed E-state index contributed by atoms with van der Waals surface area (Å²) >= 11 is 0. The number of hydrogen-bond acceptors (Lipinski definition) is 6. The van der Waals surface area contributed by atoms with Crippen LogP contribution in [0, 0.1) is 11.2 Å². The lowest BCUT2D eigenvalue weighted by atomic mass is 9.76. The third-order valence-electron chi connectivity index (χ3n) is 6.50. The summed E-state index contributed by atoms with van der Waals surface area (Å²) in [4.78, 5) is 25.2. The van der Waals surface area contributed by atoms with Crippen molar-refractivity contribution in [1.82, 2.24) is 15.1 Å². The van der Waals surface area contributed by atoms with Crippen molar-refractivity contribution in [2.24, 2.45) is 5.41 Å². The Kier molecular flexibility index (Phi) is 6.97. The second-order valence-electron chi connectivity index (χ2n) is 8.69. The molecule has 178 valence electrons. The van der Waals surface area contributed by atoms with E-state index >= 15 is 0 Å². The van der Waals surface area contributed by atoms with E-state index in [0.29, 0.717) is 44.7 Å². The van der Waals surface area contributed by atoms with Crippen molar-refractivity contribution in [3.63, 3.8) is 0 Å². The number of ether oxygens (including phenoxy) is 3. The van der Waals surface area contributed by atoms with Gasteiger partial charge in [-0.25, -0.2) is 9.18 Å². The molecule has 1 N–H and O–H groups in total. The molecule has 2 aliphatic rings. The van der Waals surface area contributed by atoms with E-state index in [-0.39, 0.29) is 29.2 Å². The number of rotatable bonds is 7. The number of aryl methyl sites for hydroxylation is 2. The summed E-state index contributed by atoms with van der Waals surface area (Å²) in [6.07, 6.45) is 3.74. The summed E-state index contributed by atoms with van der Waals surface area (Å²) < 4.78 is 31.5. The Labute approximate surface area is 192 Å². The van der Waals surface area contributed by atoms with Gasteiger partial charge in [-0.15, -0.1) is 0 Å². The molecule has 3 heterocycles. The molecule has 0 aliphatic carbocycles. The predicted molar refractivity (Wildman–Crippen MR) is 118 cm³/mol. The molecule has 1 saturated heterocycles. The van der Waals surface area contributed by atoms with Gasteiger partial charge < -0.3 is 19.5 Å². The fourth-order valence-electron chi connectivity index (χ4n) is 4.62. The fourth-order valence-corrected chi connectivity index (χ4v) is 4.62. The Balaban J connectivity index is 1.44. The minimum Gasteiger partial charge on any atom is -0.497 e. The zero-order valence-corrected chi connectivity index (χ0v) is 19.1. The molecule has 0 atom stereocenters. The lowest BCUT2D eigenvalue weighted by Crippen LogP contribution is -2.40. The third-order valence-corrected chi connectivity index (χ3v) is 6.50. The number of carbonyl (C=O) groups excluding carboxylic acids is 2. The zero-order chi connectivity index (χ0) is 23.4. The predicted octanol–water partition coefficient (Wildman–Crippen LogP) is 2.92. The zero-order valence-electron chi connectivity index (χ0n) is 19.1. The highest BCUT2D eigenvalue weighted by Gasteiger charge is 2.39. The fraction of sp³-hybridized carbons (Fsp3) is 0.542. The maximum Gasteiger partial charge on any atom is 0.338 e. The van der Waals surface area contributed by atoms with Crippen LogP contribution in [0.25, 0.3) is 0 Å². The molecule has 1 aromatic carbocycles. The van der Waals surface area contributed by atoms with Crippen molar-refractivity contribution in [2.75, 3.05) is 33.5 Å². The first-order chi connectivity index (χ1) is 15.9. The number of aromatic nitrogens is 2. The first-order valence-electron chi connectivity index (χ1n) is 11.4. The number of halogens is 1. The second kappa shape index (κ2) is 9.91. The number of methoxy groups -OCH3 is 1. The van der Waals surface area contributed by atoms with Crippen LogP contribution in [0.5, 0.6) is 5.75 Å². The van der Waals surface area contributed by atoms with E-state index in [1.54, 1.807) is 0 Å². The van der Waals surface area contributed by atoms with Gasteiger partial charge in [0.25, 0.3) is 5.91 Å². The van der Waals surface area contributed by atoms with Gasteiger partial charge in [-0.2, -0.15) is 5.10 Å². The average Bonchev–Trinajstić information content (AvgIpc) is 3.10. The van der Waals surface area contributed by atoms with Crippen LogP contribution >= 0.6 is 0 Å². The van der Waals surface area contributed by atoms with E-state index in [1.165, 1.54) is 19.2 Å². The summed E-state index contributed by atoms with van der Waals surface area (Å²) in [6, 6.07) is 3.77. The minimum absolute atomic E-state index is 0.0230. The minimum atomic E-state index is -0.609. The first kappa shape index (κ1) is 23.2. The topological polar surface area (TPSA) is 91.7 Å². The Morgan fingerprint density at radius 2 is 2.09 bits per heavy atom. The van der Waals surface area contributed by atoms with Crippen LogP contribution < -0.4 is 10.1 Å². The van der Waals surface area contributed by atoms with Gasteiger partial charge in [-0.3, -0.25) is 9.48 Å². The molecule has 33 heavy (non-hydrogen) atoms. The van der Waals surface area contributed by atoms with Crippen LogP contribution in [0.2, 0.25) is 0 Å². The average molecular weight is 460 g/mol. The van der Waals surface area contributed by atoms with E-state index in [2.05, 4.69) is 5.32 Å². The molecular formula is C24H30FN3O5. The molecular weight excluding hydrogens is 429 g/mol. The molecule has 0 bridgehead atoms. The number of amides is 1. The Hall–Kier alpha value is -2.94. The number of benzene rings is 1. The van der Waals surface area contributed by atoms with Crippen LogP contribution in [-0.4, -0.2) is 55.1 Å². The van der Waals surface area contributed by atoms with Gasteiger partial charge in [0.1, 0.15) is 11.6 Å². The van der Waals surface area contributed by atoms with Crippen LogP contribution in [0.3, 0.4) is 0 Å². The van der Waals surface area contributed by atoms with Gasteiger partial charge in [0.2, 0.25) is 0 Å². The summed E-state index contributed by atoms with van der Waals surface area (Å²) in [6.45, 7) is 4.69. The van der Waals surface area contributed by atoms with E-state index in [1.807, 2.05) is 11.6 Å². The number of esters is 1. The van der Waals surface area contributed by atoms with Gasteiger partial charge in [0.15, 0.2) is 0 Å². The molecule has 0 radical (unpaired) electrons. The molecule has 2 aromatic rings. The van der Waals surface area contributed by atoms with E-state index in [9.17, 15) is 14.0 Å². The van der Waals surface area contributed by atoms with Crippen molar-refractivity contribution in [3.8, 4) is 5.75 Å². The quantitative estimate of drug-likeness (QED) is 0.506. The SMILES string of the molecule is CCc1nn(CCCOC(=O)c2cc(F)cc(OC)c2)c2c1C(=O)NCC1(CCOCC1)C2. The molecule has 1 spiro atoms. The molecule has 0 unspecified atom stereocenters. The monoisotopic (exact) mass is 459 g/mol. The maximum atomic E-state index is 13.7. The lowest BCUT2D eigenvalue weighted by Gasteiger charge is -2.36. The molecule has 2 aliphatic heterocycles. The Morgan fingerprint density at radius 1 is 1.30 bits per heavy atom. The van der Waals surface area contributed by atoms with Crippen molar-refractivity contribution in [2.45, 2.75) is 45.6 Å². The van der Waals surface area contributed by atoms with Crippen molar-refractivity contribution in [1.29, 1.82) is 0 Å². The Bertz CT molecular complexity index is 1030. The summed E-state index contributed by atoms with van der Waals surface area (Å²) in [5.41, 5.74) is 2.50. The van der Waals surface area contributed by atoms with E-state index < -0.39 is 11.8 Å². The van der Waals surface area contributed by atoms with E-state index in [0.717, 1.165) is 36.7 Å². The number of carbonyl (C=O) groups is 2. The van der Waals surface area contributed by atoms with Crippen LogP contribution in [-0.2, 0) is 28.9 Å². The molecule has 8 nitrogen and oxygen atoms in total. The largest absolute Gasteiger partial charge is 0.497 e. The number of fused-ring (bicyclic) bond motifs is 1. The van der Waals surface area contributed by atoms with Gasteiger partial charge in [-0.05, 0) is 43.2 Å². The van der Waals surface area contributed by atoms with Crippen molar-refractivity contribution >= 4 is 11.9 Å². The molecule has 1 fully saturated rings. The third kappa shape index (κ3) is 5.03. The van der Waals surface area contributed by atoms with Gasteiger partial charge >= 0.3 is 5.97 Å². The Morgan fingerprint density at radius 3 is 2.82 bits per heavy atom. The molecule has 9 heteroatoms. The summed E-state index contributed by atoms with van der Waals surface area (Å²) in [5, 5.41) is 7.81. The number of nitrogens with zero attached hydrogens (tertiary/aromatic N) is 2. The molecule has 0 saturated carbocycles. The molecule has 1 amide bonds. The lowest BCUT2D eigenvalue weighted by molar-refractivity contribution is 0.0152. The molecule has 4 rings (SSSR count). The van der Waals surface area contributed by atoms with Gasteiger partial charge in [-0.1, -0.05) is 6.92 Å². The van der Waals surface area contributed by atoms with Crippen LogP contribution in [0.15, 0.2) is 18.2 Å². The number of hydrogen-bond donors (Lipinski definition) is 1. The highest BCUT2D eigenvalue weighted by molar-refractivity contribution is 5.97. The highest BCUT2D eigenvalue weighted by atomic mass is 19.1. The maximum absolute atomic E-state index is 13.7. The highest BCUT2D eigenvalue weighted by Crippen LogP contribution is 2.37. The van der Waals surface area contributed by atoms with E-state index in [4.69, 9.17) is 19.3 Å². The normalized spacial score (nSPS) is 17.2. The van der Waals surface area contributed by atoms with Crippen molar-refractivity contribution in [3.05, 3.63) is 46.5 Å². The second-order valence-corrected chi connectivity index (χ2v) is 8.69. The smallest absolute Gasteiger partial charge is 0.338 e. The first-order valence-corrected chi connectivity index (χ1v) is 11.4. The summed E-state index contributed by atoms with van der Waals surface area (Å²) in [7, 11) is 1.41.